The van der Waals surface area contributed by atoms with Crippen molar-refractivity contribution in [2.75, 3.05) is 6.61 Å². The Labute approximate surface area is 120 Å². The summed E-state index contributed by atoms with van der Waals surface area (Å²) in [6, 6.07) is 14.2. The van der Waals surface area contributed by atoms with Gasteiger partial charge in [-0.2, -0.15) is 13.2 Å². The van der Waals surface area contributed by atoms with Crippen molar-refractivity contribution < 1.29 is 23.0 Å². The second kappa shape index (κ2) is 6.63. The number of alkyl halides is 3. The van der Waals surface area contributed by atoms with Gasteiger partial charge < -0.3 is 9.84 Å². The molecule has 2 rings (SSSR count). The second-order valence-electron chi connectivity index (χ2n) is 4.65. The molecular weight excluding hydrogens is 281 g/mol. The molecule has 1 N–H and O–H groups in total. The maximum Gasteiger partial charge on any atom is 0.419 e. The first-order chi connectivity index (χ1) is 9.97. The van der Waals surface area contributed by atoms with Crippen LogP contribution in [0.1, 0.15) is 11.1 Å². The normalized spacial score (nSPS) is 13.0. The highest BCUT2D eigenvalue weighted by molar-refractivity contribution is 5.35. The standard InChI is InChI=1S/C16H15F3O2/c17-16(18,19)14-8-4-5-9-15(14)21-11-13(20)10-12-6-2-1-3-7-12/h1-9,13,20H,10-11H2. The lowest BCUT2D eigenvalue weighted by molar-refractivity contribution is -0.139. The van der Waals surface area contributed by atoms with Crippen LogP contribution >= 0.6 is 0 Å². The Morgan fingerprint density at radius 3 is 2.24 bits per heavy atom. The number of aliphatic hydroxyl groups is 1. The summed E-state index contributed by atoms with van der Waals surface area (Å²) in [6.07, 6.45) is -5.01. The van der Waals surface area contributed by atoms with Crippen LogP contribution in [0.5, 0.6) is 5.75 Å². The molecule has 0 saturated heterocycles. The number of rotatable bonds is 5. The van der Waals surface area contributed by atoms with Crippen molar-refractivity contribution in [3.63, 3.8) is 0 Å². The molecule has 0 radical (unpaired) electrons. The van der Waals surface area contributed by atoms with Gasteiger partial charge in [-0.25, -0.2) is 0 Å². The molecule has 0 bridgehead atoms. The zero-order valence-electron chi connectivity index (χ0n) is 11.2. The van der Waals surface area contributed by atoms with E-state index in [1.165, 1.54) is 18.2 Å². The maximum absolute atomic E-state index is 12.8. The first kappa shape index (κ1) is 15.4. The molecule has 2 nitrogen and oxygen atoms in total. The van der Waals surface area contributed by atoms with Crippen LogP contribution in [0.25, 0.3) is 0 Å². The van der Waals surface area contributed by atoms with Crippen molar-refractivity contribution in [3.05, 3.63) is 65.7 Å². The molecule has 21 heavy (non-hydrogen) atoms. The van der Waals surface area contributed by atoms with Gasteiger partial charge >= 0.3 is 6.18 Å². The zero-order chi connectivity index (χ0) is 15.3. The van der Waals surface area contributed by atoms with E-state index >= 15 is 0 Å². The summed E-state index contributed by atoms with van der Waals surface area (Å²) in [6.45, 7) is -0.192. The van der Waals surface area contributed by atoms with E-state index in [2.05, 4.69) is 0 Å². The summed E-state index contributed by atoms with van der Waals surface area (Å²) in [4.78, 5) is 0. The SMILES string of the molecule is OC(COc1ccccc1C(F)(F)F)Cc1ccccc1. The van der Waals surface area contributed by atoms with E-state index in [1.54, 1.807) is 0 Å². The van der Waals surface area contributed by atoms with Gasteiger partial charge in [0.1, 0.15) is 12.4 Å². The van der Waals surface area contributed by atoms with Crippen LogP contribution in [-0.2, 0) is 12.6 Å². The van der Waals surface area contributed by atoms with Gasteiger partial charge in [0, 0.05) is 6.42 Å². The molecule has 112 valence electrons. The molecule has 1 atom stereocenters. The van der Waals surface area contributed by atoms with E-state index < -0.39 is 17.8 Å². The van der Waals surface area contributed by atoms with Crippen LogP contribution < -0.4 is 4.74 Å². The smallest absolute Gasteiger partial charge is 0.419 e. The quantitative estimate of drug-likeness (QED) is 0.912. The Hall–Kier alpha value is -2.01. The lowest BCUT2D eigenvalue weighted by atomic mass is 10.1. The van der Waals surface area contributed by atoms with Gasteiger partial charge in [0.2, 0.25) is 0 Å². The highest BCUT2D eigenvalue weighted by atomic mass is 19.4. The van der Waals surface area contributed by atoms with Gasteiger partial charge in [0.25, 0.3) is 0 Å². The van der Waals surface area contributed by atoms with Crippen molar-refractivity contribution in [2.24, 2.45) is 0 Å². The minimum absolute atomic E-state index is 0.192. The number of hydrogen-bond donors (Lipinski definition) is 1. The van der Waals surface area contributed by atoms with Crippen molar-refractivity contribution in [2.45, 2.75) is 18.7 Å². The van der Waals surface area contributed by atoms with Gasteiger partial charge in [-0.05, 0) is 17.7 Å². The van der Waals surface area contributed by atoms with Crippen LogP contribution in [0.15, 0.2) is 54.6 Å². The molecule has 0 aliphatic rings. The third kappa shape index (κ3) is 4.49. The fourth-order valence-electron chi connectivity index (χ4n) is 1.96. The predicted octanol–water partition coefficient (Wildman–Crippen LogP) is 3.69. The zero-order valence-corrected chi connectivity index (χ0v) is 11.2. The number of ether oxygens (including phenoxy) is 1. The first-order valence-corrected chi connectivity index (χ1v) is 6.48. The van der Waals surface area contributed by atoms with Crippen LogP contribution in [0.3, 0.4) is 0 Å². The van der Waals surface area contributed by atoms with Crippen molar-refractivity contribution in [1.82, 2.24) is 0 Å². The highest BCUT2D eigenvalue weighted by Gasteiger charge is 2.34. The molecule has 0 saturated carbocycles. The average Bonchev–Trinajstić information content (AvgIpc) is 2.45. The number of benzene rings is 2. The Balaban J connectivity index is 1.97. The van der Waals surface area contributed by atoms with Crippen LogP contribution in [0.4, 0.5) is 13.2 Å². The fraction of sp³-hybridized carbons (Fsp3) is 0.250. The maximum atomic E-state index is 12.8. The van der Waals surface area contributed by atoms with Gasteiger partial charge in [0.05, 0.1) is 11.7 Å². The molecule has 5 heteroatoms. The summed E-state index contributed by atoms with van der Waals surface area (Å²) in [7, 11) is 0. The second-order valence-corrected chi connectivity index (χ2v) is 4.65. The van der Waals surface area contributed by atoms with Gasteiger partial charge in [-0.15, -0.1) is 0 Å². The molecule has 0 aliphatic carbocycles. The van der Waals surface area contributed by atoms with Crippen LogP contribution in [0, 0.1) is 0 Å². The largest absolute Gasteiger partial charge is 0.490 e. The van der Waals surface area contributed by atoms with Crippen LogP contribution in [0.2, 0.25) is 0 Å². The summed E-state index contributed by atoms with van der Waals surface area (Å²) < 4.78 is 43.5. The van der Waals surface area contributed by atoms with E-state index in [0.717, 1.165) is 11.6 Å². The Bertz CT molecular complexity index is 567. The van der Waals surface area contributed by atoms with Crippen molar-refractivity contribution in [3.8, 4) is 5.75 Å². The van der Waals surface area contributed by atoms with Crippen molar-refractivity contribution >= 4 is 0 Å². The number of hydrogen-bond acceptors (Lipinski definition) is 2. The minimum atomic E-state index is -4.47. The number of aliphatic hydroxyl groups excluding tert-OH is 1. The first-order valence-electron chi connectivity index (χ1n) is 6.48. The molecule has 2 aromatic rings. The summed E-state index contributed by atoms with van der Waals surface area (Å²) in [5.41, 5.74) is 0.0645. The van der Waals surface area contributed by atoms with Gasteiger partial charge in [-0.3, -0.25) is 0 Å². The monoisotopic (exact) mass is 296 g/mol. The number of para-hydroxylation sites is 1. The summed E-state index contributed by atoms with van der Waals surface area (Å²) in [5.74, 6) is -0.267. The van der Waals surface area contributed by atoms with E-state index in [9.17, 15) is 18.3 Å². The Morgan fingerprint density at radius 1 is 0.952 bits per heavy atom. The topological polar surface area (TPSA) is 29.5 Å². The molecular formula is C16H15F3O2. The molecule has 0 fully saturated rings. The molecule has 0 aromatic heterocycles. The van der Waals surface area contributed by atoms with Gasteiger partial charge in [0.15, 0.2) is 0 Å². The molecule has 1 unspecified atom stereocenters. The summed E-state index contributed by atoms with van der Waals surface area (Å²) >= 11 is 0. The third-order valence-corrected chi connectivity index (χ3v) is 2.94. The van der Waals surface area contributed by atoms with Crippen molar-refractivity contribution in [1.29, 1.82) is 0 Å². The number of halogens is 3. The predicted molar refractivity (Wildman–Crippen MR) is 73.1 cm³/mol. The third-order valence-electron chi connectivity index (χ3n) is 2.94. The minimum Gasteiger partial charge on any atom is -0.490 e. The highest BCUT2D eigenvalue weighted by Crippen LogP contribution is 2.35. The van der Waals surface area contributed by atoms with E-state index in [4.69, 9.17) is 4.74 Å². The molecule has 2 aromatic carbocycles. The molecule has 0 heterocycles. The molecule has 0 amide bonds. The lowest BCUT2D eigenvalue weighted by Gasteiger charge is -2.16. The van der Waals surface area contributed by atoms with E-state index in [-0.39, 0.29) is 12.4 Å². The summed E-state index contributed by atoms with van der Waals surface area (Å²) in [5, 5.41) is 9.85. The Kier molecular flexibility index (Phi) is 4.85. The molecule has 0 spiro atoms. The fourth-order valence-corrected chi connectivity index (χ4v) is 1.96. The van der Waals surface area contributed by atoms with E-state index in [1.807, 2.05) is 30.3 Å². The molecule has 0 aliphatic heterocycles. The Morgan fingerprint density at radius 2 is 1.57 bits per heavy atom. The van der Waals surface area contributed by atoms with E-state index in [0.29, 0.717) is 6.42 Å². The van der Waals surface area contributed by atoms with Crippen LogP contribution in [-0.4, -0.2) is 17.8 Å². The average molecular weight is 296 g/mol. The lowest BCUT2D eigenvalue weighted by Crippen LogP contribution is -2.21. The van der Waals surface area contributed by atoms with Gasteiger partial charge in [-0.1, -0.05) is 42.5 Å².